The molecule has 3 heterocycles. The topological polar surface area (TPSA) is 276 Å². The highest BCUT2D eigenvalue weighted by molar-refractivity contribution is 6.12. The van der Waals surface area contributed by atoms with E-state index in [1.165, 1.54) is 50.2 Å². The van der Waals surface area contributed by atoms with Crippen molar-refractivity contribution in [3.05, 3.63) is 119 Å². The van der Waals surface area contributed by atoms with Crippen molar-refractivity contribution in [2.75, 3.05) is 0 Å². The summed E-state index contributed by atoms with van der Waals surface area (Å²) in [7, 11) is 0. The van der Waals surface area contributed by atoms with E-state index in [1.54, 1.807) is 61.5 Å². The van der Waals surface area contributed by atoms with Crippen molar-refractivity contribution in [2.24, 2.45) is 0 Å². The summed E-state index contributed by atoms with van der Waals surface area (Å²) in [5, 5.41) is 43.0. The molecule has 0 aliphatic heterocycles. The smallest absolute Gasteiger partial charge is 0.258 e. The number of amidine groups is 3. The molecule has 0 saturated heterocycles. The minimum absolute atomic E-state index is 0.0108. The van der Waals surface area contributed by atoms with Crippen molar-refractivity contribution in [2.45, 2.75) is 20.8 Å². The Kier molecular flexibility index (Phi) is 10.1. The Morgan fingerprint density at radius 2 is 0.877 bits per heavy atom. The molecule has 0 unspecified atom stereocenters. The van der Waals surface area contributed by atoms with Crippen LogP contribution >= 0.6 is 0 Å². The molecule has 0 spiro atoms. The van der Waals surface area contributed by atoms with Gasteiger partial charge >= 0.3 is 0 Å². The van der Waals surface area contributed by atoms with Crippen molar-refractivity contribution < 1.29 is 28.0 Å². The van der Waals surface area contributed by atoms with Crippen LogP contribution in [-0.4, -0.2) is 65.7 Å². The SMILES string of the molecule is CC(=N)NC(=O)c1ccc(C(=N)NC(=O)c2cc(-c3nc(-c4ccc(C(=O)NC(C)=N)cc4)no3)cc(-c3nc(-c4ccc(-c5nc(C)no5)cc4)no3)c2)cc1. The zero-order chi connectivity index (χ0) is 40.2. The summed E-state index contributed by atoms with van der Waals surface area (Å²) >= 11 is 0. The van der Waals surface area contributed by atoms with Gasteiger partial charge in [0.1, 0.15) is 5.84 Å². The predicted molar refractivity (Wildman–Crippen MR) is 204 cm³/mol. The third-order valence-electron chi connectivity index (χ3n) is 8.14. The number of amides is 3. The Morgan fingerprint density at radius 3 is 1.35 bits per heavy atom. The van der Waals surface area contributed by atoms with Gasteiger partial charge in [0.25, 0.3) is 35.4 Å². The van der Waals surface area contributed by atoms with Crippen LogP contribution in [0.15, 0.2) is 105 Å². The monoisotopic (exact) mass is 762 g/mol. The molecule has 4 aromatic carbocycles. The minimum atomic E-state index is -0.662. The molecule has 3 aromatic heterocycles. The Hall–Kier alpha value is -8.28. The van der Waals surface area contributed by atoms with Gasteiger partial charge in [0.15, 0.2) is 5.82 Å². The summed E-state index contributed by atoms with van der Waals surface area (Å²) in [5.74, 6) is -0.378. The molecule has 0 radical (unpaired) electrons. The van der Waals surface area contributed by atoms with Gasteiger partial charge in [0.05, 0.1) is 11.7 Å². The molecule has 0 bridgehead atoms. The number of hydrogen-bond acceptors (Lipinski definition) is 15. The molecule has 18 heteroatoms. The minimum Gasteiger partial charge on any atom is -0.334 e. The molecular formula is C39H30N12O6. The number of benzene rings is 4. The molecule has 18 nitrogen and oxygen atoms in total. The van der Waals surface area contributed by atoms with Gasteiger partial charge in [-0.3, -0.25) is 30.6 Å². The van der Waals surface area contributed by atoms with Crippen LogP contribution in [0.1, 0.15) is 56.3 Å². The van der Waals surface area contributed by atoms with E-state index in [1.807, 2.05) is 0 Å². The molecule has 0 fully saturated rings. The standard InChI is InChI=1S/C39H30N12O6/c1-19(40)43-34(52)25-10-4-22(5-11-25)31(42)46-36(54)28-16-29(38-47-32(50-56-38)23-6-12-26(13-7-23)35(53)44-20(2)41)18-30(17-28)39-48-33(51-57-39)24-8-14-27(15-9-24)37-45-21(3)49-55-37/h4-18H,1-3H3,(H2,40,43,52)(H2,41,44,53)(H2,42,46,54). The highest BCUT2D eigenvalue weighted by Crippen LogP contribution is 2.30. The van der Waals surface area contributed by atoms with Gasteiger partial charge in [-0.1, -0.05) is 51.9 Å². The lowest BCUT2D eigenvalue weighted by Crippen LogP contribution is -2.31. The Balaban J connectivity index is 1.18. The summed E-state index contributed by atoms with van der Waals surface area (Å²) < 4.78 is 16.5. The molecule has 6 N–H and O–H groups in total. The number of nitrogens with one attached hydrogen (secondary N) is 6. The lowest BCUT2D eigenvalue weighted by atomic mass is 10.0. The fourth-order valence-corrected chi connectivity index (χ4v) is 5.40. The normalized spacial score (nSPS) is 10.8. The van der Waals surface area contributed by atoms with Gasteiger partial charge in [0.2, 0.25) is 11.6 Å². The maximum absolute atomic E-state index is 13.7. The molecular weight excluding hydrogens is 733 g/mol. The zero-order valence-corrected chi connectivity index (χ0v) is 30.3. The van der Waals surface area contributed by atoms with Crippen LogP contribution < -0.4 is 16.0 Å². The molecule has 3 amide bonds. The van der Waals surface area contributed by atoms with Crippen molar-refractivity contribution >= 4 is 35.2 Å². The van der Waals surface area contributed by atoms with E-state index in [0.717, 1.165) is 0 Å². The van der Waals surface area contributed by atoms with Gasteiger partial charge in [-0.05, 0) is 75.4 Å². The summed E-state index contributed by atoms with van der Waals surface area (Å²) in [5.41, 5.74) is 3.52. The number of aromatic nitrogens is 6. The van der Waals surface area contributed by atoms with Gasteiger partial charge in [0, 0.05) is 50.1 Å². The number of hydrogen-bond donors (Lipinski definition) is 6. The Labute approximate surface area is 322 Å². The number of carbonyl (C=O) groups is 3. The first kappa shape index (κ1) is 37.1. The second-order valence-electron chi connectivity index (χ2n) is 12.5. The van der Waals surface area contributed by atoms with Crippen molar-refractivity contribution in [1.29, 1.82) is 16.2 Å². The van der Waals surface area contributed by atoms with Crippen LogP contribution in [-0.2, 0) is 0 Å². The third-order valence-corrected chi connectivity index (χ3v) is 8.14. The second kappa shape index (κ2) is 15.6. The molecule has 0 saturated carbocycles. The fourth-order valence-electron chi connectivity index (χ4n) is 5.40. The van der Waals surface area contributed by atoms with E-state index in [-0.39, 0.29) is 52.1 Å². The first-order chi connectivity index (χ1) is 27.4. The molecule has 7 aromatic rings. The quantitative estimate of drug-likeness (QED) is 0.0765. The van der Waals surface area contributed by atoms with E-state index in [0.29, 0.717) is 50.7 Å². The van der Waals surface area contributed by atoms with E-state index < -0.39 is 17.7 Å². The van der Waals surface area contributed by atoms with Crippen molar-refractivity contribution in [3.8, 4) is 57.1 Å². The third kappa shape index (κ3) is 8.44. The molecule has 0 aliphatic rings. The molecule has 7 rings (SSSR count). The fraction of sp³-hybridized carbons (Fsp3) is 0.0769. The average Bonchev–Trinajstić information content (AvgIpc) is 4.00. The van der Waals surface area contributed by atoms with Crippen LogP contribution in [0, 0.1) is 23.2 Å². The molecule has 282 valence electrons. The average molecular weight is 763 g/mol. The lowest BCUT2D eigenvalue weighted by Gasteiger charge is -2.10. The van der Waals surface area contributed by atoms with Crippen LogP contribution in [0.2, 0.25) is 0 Å². The van der Waals surface area contributed by atoms with Gasteiger partial charge in [-0.2, -0.15) is 15.0 Å². The van der Waals surface area contributed by atoms with E-state index in [9.17, 15) is 14.4 Å². The van der Waals surface area contributed by atoms with Gasteiger partial charge in [-0.25, -0.2) is 0 Å². The van der Waals surface area contributed by atoms with E-state index in [4.69, 9.17) is 29.8 Å². The number of carbonyl (C=O) groups excluding carboxylic acids is 3. The molecule has 0 atom stereocenters. The maximum atomic E-state index is 13.7. The molecule has 0 aliphatic carbocycles. The largest absolute Gasteiger partial charge is 0.334 e. The van der Waals surface area contributed by atoms with Gasteiger partial charge < -0.3 is 29.5 Å². The zero-order valence-electron chi connectivity index (χ0n) is 30.3. The summed E-state index contributed by atoms with van der Waals surface area (Å²) in [6, 6.07) is 24.1. The van der Waals surface area contributed by atoms with Gasteiger partial charge in [-0.15, -0.1) is 0 Å². The van der Waals surface area contributed by atoms with Crippen LogP contribution in [0.4, 0.5) is 0 Å². The van der Waals surface area contributed by atoms with Crippen molar-refractivity contribution in [3.63, 3.8) is 0 Å². The number of rotatable bonds is 9. The first-order valence-electron chi connectivity index (χ1n) is 17.0. The number of nitrogens with zero attached hydrogens (tertiary/aromatic N) is 6. The second-order valence-corrected chi connectivity index (χ2v) is 12.5. The summed E-state index contributed by atoms with van der Waals surface area (Å²) in [4.78, 5) is 51.6. The number of aryl methyl sites for hydroxylation is 1. The lowest BCUT2D eigenvalue weighted by molar-refractivity contribution is 0.0968. The van der Waals surface area contributed by atoms with E-state index in [2.05, 4.69) is 46.4 Å². The predicted octanol–water partition coefficient (Wildman–Crippen LogP) is 5.69. The Bertz CT molecular complexity index is 2700. The highest BCUT2D eigenvalue weighted by Gasteiger charge is 2.21. The van der Waals surface area contributed by atoms with E-state index >= 15 is 0 Å². The Morgan fingerprint density at radius 1 is 0.474 bits per heavy atom. The molecule has 57 heavy (non-hydrogen) atoms. The maximum Gasteiger partial charge on any atom is 0.258 e. The van der Waals surface area contributed by atoms with Crippen LogP contribution in [0.3, 0.4) is 0 Å². The first-order valence-corrected chi connectivity index (χ1v) is 17.0. The summed E-state index contributed by atoms with van der Waals surface area (Å²) in [6.07, 6.45) is 0. The van der Waals surface area contributed by atoms with Crippen LogP contribution in [0.25, 0.3) is 57.1 Å². The highest BCUT2D eigenvalue weighted by atomic mass is 16.5. The van der Waals surface area contributed by atoms with Crippen molar-refractivity contribution in [1.82, 2.24) is 46.4 Å². The van der Waals surface area contributed by atoms with Crippen LogP contribution in [0.5, 0.6) is 0 Å². The summed E-state index contributed by atoms with van der Waals surface area (Å²) in [6.45, 7) is 4.62.